The third-order valence-corrected chi connectivity index (χ3v) is 4.36. The molecular weight excluding hydrogens is 306 g/mol. The minimum atomic E-state index is -0.441. The predicted molar refractivity (Wildman–Crippen MR) is 92.8 cm³/mol. The second-order valence-electron chi connectivity index (χ2n) is 6.63. The number of amides is 1. The number of carbonyl (C=O) groups excluding carboxylic acids is 2. The maximum absolute atomic E-state index is 12.0. The molecule has 0 aliphatic rings. The van der Waals surface area contributed by atoms with Crippen LogP contribution in [0.25, 0.3) is 11.0 Å². The van der Waals surface area contributed by atoms with Gasteiger partial charge < -0.3 is 14.5 Å². The number of aryl methyl sites for hydroxylation is 2. The van der Waals surface area contributed by atoms with Crippen molar-refractivity contribution in [2.75, 3.05) is 6.61 Å². The third kappa shape index (κ3) is 4.37. The second kappa shape index (κ2) is 7.51. The van der Waals surface area contributed by atoms with Gasteiger partial charge in [0.2, 0.25) is 0 Å². The van der Waals surface area contributed by atoms with Gasteiger partial charge in [0.05, 0.1) is 12.7 Å². The van der Waals surface area contributed by atoms with Crippen LogP contribution in [0.3, 0.4) is 0 Å². The normalized spacial score (nSPS) is 12.4. The van der Waals surface area contributed by atoms with Crippen LogP contribution < -0.4 is 5.32 Å². The van der Waals surface area contributed by atoms with Crippen molar-refractivity contribution >= 4 is 22.8 Å². The molecule has 5 nitrogen and oxygen atoms in total. The van der Waals surface area contributed by atoms with Crippen LogP contribution in [0.4, 0.5) is 0 Å². The summed E-state index contributed by atoms with van der Waals surface area (Å²) in [5, 5.41) is 3.71. The third-order valence-electron chi connectivity index (χ3n) is 4.36. The number of fused-ring (bicyclic) bond motifs is 1. The smallest absolute Gasteiger partial charge is 0.310 e. The van der Waals surface area contributed by atoms with Gasteiger partial charge in [0.15, 0.2) is 6.61 Å². The lowest BCUT2D eigenvalue weighted by molar-refractivity contribution is -0.148. The molecule has 1 aromatic carbocycles. The van der Waals surface area contributed by atoms with E-state index in [0.29, 0.717) is 5.92 Å². The molecule has 0 saturated carbocycles. The molecule has 0 aliphatic carbocycles. The van der Waals surface area contributed by atoms with Gasteiger partial charge in [-0.2, -0.15) is 0 Å². The molecule has 2 rings (SSSR count). The van der Waals surface area contributed by atoms with Crippen molar-refractivity contribution in [3.8, 4) is 0 Å². The standard InChI is InChI=1S/C19H25NO4/c1-11(2)14(5)20-18(21)10-24-19(22)8-15-9-23-17-7-13(4)12(3)6-16(15)17/h6-7,9,11,14H,8,10H2,1-5H3,(H,20,21)/t14-/m0/s1. The summed E-state index contributed by atoms with van der Waals surface area (Å²) in [6.45, 7) is 9.73. The number of nitrogens with one attached hydrogen (secondary N) is 1. The molecule has 0 unspecified atom stereocenters. The zero-order valence-corrected chi connectivity index (χ0v) is 14.9. The minimum absolute atomic E-state index is 0.0419. The molecule has 1 N–H and O–H groups in total. The highest BCUT2D eigenvalue weighted by Crippen LogP contribution is 2.25. The summed E-state index contributed by atoms with van der Waals surface area (Å²) in [7, 11) is 0. The summed E-state index contributed by atoms with van der Waals surface area (Å²) < 4.78 is 10.6. The van der Waals surface area contributed by atoms with Gasteiger partial charge in [0.1, 0.15) is 5.58 Å². The first kappa shape index (κ1) is 18.0. The highest BCUT2D eigenvalue weighted by Gasteiger charge is 2.15. The molecule has 1 amide bonds. The van der Waals surface area contributed by atoms with E-state index in [1.807, 2.05) is 46.8 Å². The van der Waals surface area contributed by atoms with E-state index < -0.39 is 5.97 Å². The Hall–Kier alpha value is -2.30. The summed E-state index contributed by atoms with van der Waals surface area (Å²) in [4.78, 5) is 23.7. The SMILES string of the molecule is Cc1cc2occ(CC(=O)OCC(=O)N[C@@H](C)C(C)C)c2cc1C. The first-order valence-electron chi connectivity index (χ1n) is 8.20. The average Bonchev–Trinajstić information content (AvgIpc) is 2.87. The van der Waals surface area contributed by atoms with Crippen molar-refractivity contribution in [3.63, 3.8) is 0 Å². The first-order valence-corrected chi connectivity index (χ1v) is 8.20. The van der Waals surface area contributed by atoms with Crippen LogP contribution >= 0.6 is 0 Å². The number of carbonyl (C=O) groups is 2. The lowest BCUT2D eigenvalue weighted by Gasteiger charge is -2.17. The molecule has 1 heterocycles. The van der Waals surface area contributed by atoms with Gasteiger partial charge in [-0.25, -0.2) is 0 Å². The zero-order valence-electron chi connectivity index (χ0n) is 14.9. The van der Waals surface area contributed by atoms with Gasteiger partial charge in [0.25, 0.3) is 5.91 Å². The van der Waals surface area contributed by atoms with E-state index >= 15 is 0 Å². The maximum Gasteiger partial charge on any atom is 0.310 e. The molecule has 0 bridgehead atoms. The second-order valence-corrected chi connectivity index (χ2v) is 6.63. The van der Waals surface area contributed by atoms with Crippen LogP contribution in [0, 0.1) is 19.8 Å². The quantitative estimate of drug-likeness (QED) is 0.825. The molecule has 0 radical (unpaired) electrons. The van der Waals surface area contributed by atoms with Crippen LogP contribution in [-0.2, 0) is 20.7 Å². The number of hydrogen-bond acceptors (Lipinski definition) is 4. The molecule has 0 saturated heterocycles. The fourth-order valence-corrected chi connectivity index (χ4v) is 2.29. The molecule has 0 spiro atoms. The van der Waals surface area contributed by atoms with Crippen LogP contribution in [0.1, 0.15) is 37.5 Å². The first-order chi connectivity index (χ1) is 11.3. The number of hydrogen-bond donors (Lipinski definition) is 1. The molecule has 2 aromatic rings. The maximum atomic E-state index is 12.0. The van der Waals surface area contributed by atoms with Gasteiger partial charge in [0, 0.05) is 17.0 Å². The molecule has 1 atom stereocenters. The summed E-state index contributed by atoms with van der Waals surface area (Å²) in [6.07, 6.45) is 1.66. The molecule has 0 fully saturated rings. The number of benzene rings is 1. The zero-order chi connectivity index (χ0) is 17.9. The fourth-order valence-electron chi connectivity index (χ4n) is 2.29. The number of furan rings is 1. The lowest BCUT2D eigenvalue weighted by Crippen LogP contribution is -2.38. The topological polar surface area (TPSA) is 68.5 Å². The summed E-state index contributed by atoms with van der Waals surface area (Å²) in [6, 6.07) is 4.01. The molecular formula is C19H25NO4. The van der Waals surface area contributed by atoms with Crippen molar-refractivity contribution in [2.24, 2.45) is 5.92 Å². The predicted octanol–water partition coefficient (Wildman–Crippen LogP) is 3.30. The molecule has 24 heavy (non-hydrogen) atoms. The van der Waals surface area contributed by atoms with E-state index in [0.717, 1.165) is 27.7 Å². The molecule has 5 heteroatoms. The Morgan fingerprint density at radius 2 is 1.83 bits per heavy atom. The summed E-state index contributed by atoms with van der Waals surface area (Å²) in [5.41, 5.74) is 3.81. The summed E-state index contributed by atoms with van der Waals surface area (Å²) in [5.74, 6) is -0.398. The highest BCUT2D eigenvalue weighted by atomic mass is 16.5. The number of esters is 1. The van der Waals surface area contributed by atoms with Crippen LogP contribution in [0.15, 0.2) is 22.8 Å². The van der Waals surface area contributed by atoms with Gasteiger partial charge in [-0.05, 0) is 49.9 Å². The average molecular weight is 331 g/mol. The van der Waals surface area contributed by atoms with Crippen molar-refractivity contribution < 1.29 is 18.7 Å². The van der Waals surface area contributed by atoms with Crippen LogP contribution in [-0.4, -0.2) is 24.5 Å². The van der Waals surface area contributed by atoms with E-state index in [2.05, 4.69) is 5.32 Å². The molecule has 130 valence electrons. The number of ether oxygens (including phenoxy) is 1. The Morgan fingerprint density at radius 1 is 1.17 bits per heavy atom. The van der Waals surface area contributed by atoms with Gasteiger partial charge >= 0.3 is 5.97 Å². The minimum Gasteiger partial charge on any atom is -0.464 e. The van der Waals surface area contributed by atoms with E-state index in [1.54, 1.807) is 6.26 Å². The van der Waals surface area contributed by atoms with Crippen molar-refractivity contribution in [2.45, 2.75) is 47.1 Å². The van der Waals surface area contributed by atoms with Crippen molar-refractivity contribution in [3.05, 3.63) is 35.1 Å². The van der Waals surface area contributed by atoms with Crippen LogP contribution in [0.2, 0.25) is 0 Å². The van der Waals surface area contributed by atoms with E-state index in [1.165, 1.54) is 0 Å². The molecule has 1 aromatic heterocycles. The van der Waals surface area contributed by atoms with Crippen molar-refractivity contribution in [1.29, 1.82) is 0 Å². The Labute approximate surface area is 142 Å². The Morgan fingerprint density at radius 3 is 2.50 bits per heavy atom. The fraction of sp³-hybridized carbons (Fsp3) is 0.474. The van der Waals surface area contributed by atoms with E-state index in [4.69, 9.17) is 9.15 Å². The van der Waals surface area contributed by atoms with Gasteiger partial charge in [-0.1, -0.05) is 13.8 Å². The van der Waals surface area contributed by atoms with E-state index in [9.17, 15) is 9.59 Å². The van der Waals surface area contributed by atoms with Crippen molar-refractivity contribution in [1.82, 2.24) is 5.32 Å². The lowest BCUT2D eigenvalue weighted by atomic mass is 10.0. The van der Waals surface area contributed by atoms with Gasteiger partial charge in [-0.15, -0.1) is 0 Å². The monoisotopic (exact) mass is 331 g/mol. The van der Waals surface area contributed by atoms with Gasteiger partial charge in [-0.3, -0.25) is 9.59 Å². The van der Waals surface area contributed by atoms with E-state index in [-0.39, 0.29) is 25.0 Å². The largest absolute Gasteiger partial charge is 0.464 e. The Bertz CT molecular complexity index is 745. The highest BCUT2D eigenvalue weighted by molar-refractivity contribution is 5.87. The van der Waals surface area contributed by atoms with Crippen LogP contribution in [0.5, 0.6) is 0 Å². The Balaban J connectivity index is 1.93. The molecule has 0 aliphatic heterocycles. The Kier molecular flexibility index (Phi) is 5.65. The number of rotatable bonds is 6. The summed E-state index contributed by atoms with van der Waals surface area (Å²) >= 11 is 0.